The molecule has 10 heteroatoms. The predicted octanol–water partition coefficient (Wildman–Crippen LogP) is 1.73. The van der Waals surface area contributed by atoms with Crippen LogP contribution in [0.3, 0.4) is 0 Å². The Kier molecular flexibility index (Phi) is 6.08. The van der Waals surface area contributed by atoms with Gasteiger partial charge in [-0.1, -0.05) is 5.21 Å². The van der Waals surface area contributed by atoms with Gasteiger partial charge in [0.1, 0.15) is 5.69 Å². The molecule has 1 aromatic heterocycles. The number of nitrogens with zero attached hydrogens (tertiary/aromatic N) is 4. The van der Waals surface area contributed by atoms with Crippen molar-refractivity contribution in [2.45, 2.75) is 77.3 Å². The lowest BCUT2D eigenvalue weighted by molar-refractivity contribution is -0.301. The van der Waals surface area contributed by atoms with E-state index in [0.717, 1.165) is 5.06 Å². The summed E-state index contributed by atoms with van der Waals surface area (Å²) in [5, 5.41) is 21.5. The molecule has 0 amide bonds. The van der Waals surface area contributed by atoms with Crippen molar-refractivity contribution in [1.29, 1.82) is 0 Å². The van der Waals surface area contributed by atoms with Crippen LogP contribution in [0.2, 0.25) is 0 Å². The van der Waals surface area contributed by atoms with Crippen molar-refractivity contribution in [1.82, 2.24) is 20.1 Å². The van der Waals surface area contributed by atoms with Gasteiger partial charge < -0.3 is 14.5 Å². The van der Waals surface area contributed by atoms with Crippen LogP contribution in [0.15, 0.2) is 6.20 Å². The minimum atomic E-state index is -3.97. The third-order valence-electron chi connectivity index (χ3n) is 4.44. The highest BCUT2D eigenvalue weighted by atomic mass is 31.2. The Labute approximate surface area is 148 Å². The van der Waals surface area contributed by atoms with Gasteiger partial charge in [-0.05, 0) is 47.0 Å². The Hall–Kier alpha value is -0.830. The van der Waals surface area contributed by atoms with E-state index in [0.29, 0.717) is 38.1 Å². The zero-order chi connectivity index (χ0) is 18.9. The lowest BCUT2D eigenvalue weighted by atomic mass is 9.80. The second-order valence-electron chi connectivity index (χ2n) is 7.98. The molecule has 2 N–H and O–H groups in total. The predicted molar refractivity (Wildman–Crippen MR) is 90.0 cm³/mol. The summed E-state index contributed by atoms with van der Waals surface area (Å²) in [5.41, 5.74) is -0.296. The molecule has 0 atom stereocenters. The molecule has 0 aliphatic carbocycles. The third-order valence-corrected chi connectivity index (χ3v) is 5.34. The number of ether oxygens (including phenoxy) is 1. The summed E-state index contributed by atoms with van der Waals surface area (Å²) >= 11 is 0. The molecule has 2 heterocycles. The molecule has 1 aromatic rings. The average molecular weight is 375 g/mol. The molecule has 9 nitrogen and oxygen atoms in total. The van der Waals surface area contributed by atoms with Gasteiger partial charge in [0, 0.05) is 17.6 Å². The van der Waals surface area contributed by atoms with Crippen molar-refractivity contribution in [3.05, 3.63) is 11.9 Å². The second kappa shape index (κ2) is 7.42. The standard InChI is InChI=1S/C15H28N4O5P/c1-14(2)8-13(9-15(3,4)19(14)20)24-11-12-10-18(17-16-12)6-5-7-25(21,22)23/h10,13H,5-9,11H2,1-4H3,(H2,21,22,23). The summed E-state index contributed by atoms with van der Waals surface area (Å²) in [4.78, 5) is 17.7. The first-order valence-corrected chi connectivity index (χ1v) is 10.2. The minimum Gasteiger partial charge on any atom is -0.372 e. The molecule has 2 rings (SSSR count). The van der Waals surface area contributed by atoms with E-state index in [1.54, 1.807) is 10.9 Å². The van der Waals surface area contributed by atoms with Gasteiger partial charge in [-0.25, -0.2) is 0 Å². The summed E-state index contributed by atoms with van der Waals surface area (Å²) in [5.74, 6) is 0. The zero-order valence-corrected chi connectivity index (χ0v) is 16.1. The highest BCUT2D eigenvalue weighted by Gasteiger charge is 2.46. The molecule has 0 unspecified atom stereocenters. The Morgan fingerprint density at radius 3 is 2.44 bits per heavy atom. The van der Waals surface area contributed by atoms with Crippen LogP contribution >= 0.6 is 7.60 Å². The zero-order valence-electron chi connectivity index (χ0n) is 15.3. The molecule has 0 spiro atoms. The number of piperidine rings is 1. The summed E-state index contributed by atoms with van der Waals surface area (Å²) in [6.45, 7) is 8.40. The fourth-order valence-electron chi connectivity index (χ4n) is 3.45. The lowest BCUT2D eigenvalue weighted by Crippen LogP contribution is -2.59. The Bertz CT molecular complexity index is 609. The van der Waals surface area contributed by atoms with Crippen LogP contribution in [0.25, 0.3) is 0 Å². The summed E-state index contributed by atoms with van der Waals surface area (Å²) in [7, 11) is -3.97. The van der Waals surface area contributed by atoms with Gasteiger partial charge in [-0.3, -0.25) is 9.25 Å². The molecule has 1 aliphatic rings. The molecule has 143 valence electrons. The van der Waals surface area contributed by atoms with Gasteiger partial charge in [0.25, 0.3) is 0 Å². The first kappa shape index (κ1) is 20.5. The van der Waals surface area contributed by atoms with Gasteiger partial charge in [0.05, 0.1) is 25.1 Å². The van der Waals surface area contributed by atoms with E-state index in [9.17, 15) is 9.77 Å². The smallest absolute Gasteiger partial charge is 0.325 e. The lowest BCUT2D eigenvalue weighted by Gasteiger charge is -2.49. The fraction of sp³-hybridized carbons (Fsp3) is 0.867. The van der Waals surface area contributed by atoms with Crippen molar-refractivity contribution in [3.8, 4) is 0 Å². The monoisotopic (exact) mass is 375 g/mol. The highest BCUT2D eigenvalue weighted by Crippen LogP contribution is 2.38. The second-order valence-corrected chi connectivity index (χ2v) is 9.75. The third kappa shape index (κ3) is 5.84. The van der Waals surface area contributed by atoms with Crippen LogP contribution in [0.1, 0.15) is 52.7 Å². The highest BCUT2D eigenvalue weighted by molar-refractivity contribution is 7.51. The van der Waals surface area contributed by atoms with E-state index in [2.05, 4.69) is 10.3 Å². The van der Waals surface area contributed by atoms with Crippen LogP contribution in [0, 0.1) is 0 Å². The molecule has 0 bridgehead atoms. The summed E-state index contributed by atoms with van der Waals surface area (Å²) in [6.07, 6.45) is 3.15. The van der Waals surface area contributed by atoms with Gasteiger partial charge >= 0.3 is 7.60 Å². The first-order chi connectivity index (χ1) is 11.4. The molecular formula is C15H28N4O5P. The number of hydrogen-bond donors (Lipinski definition) is 2. The van der Waals surface area contributed by atoms with E-state index < -0.39 is 18.7 Å². The maximum absolute atomic E-state index is 12.3. The maximum Gasteiger partial charge on any atom is 0.325 e. The largest absolute Gasteiger partial charge is 0.372 e. The van der Waals surface area contributed by atoms with Crippen molar-refractivity contribution < 1.29 is 24.3 Å². The molecule has 0 aromatic carbocycles. The van der Waals surface area contributed by atoms with Crippen LogP contribution in [-0.2, 0) is 27.7 Å². The van der Waals surface area contributed by atoms with Crippen molar-refractivity contribution in [2.24, 2.45) is 0 Å². The van der Waals surface area contributed by atoms with E-state index in [-0.39, 0.29) is 12.3 Å². The quantitative estimate of drug-likeness (QED) is 0.696. The summed E-state index contributed by atoms with van der Waals surface area (Å²) in [6, 6.07) is 0. The Balaban J connectivity index is 1.85. The van der Waals surface area contributed by atoms with Gasteiger partial charge in [0.2, 0.25) is 0 Å². The van der Waals surface area contributed by atoms with E-state index in [1.165, 1.54) is 0 Å². The SMILES string of the molecule is CC1(C)CC(OCc2cn(CCCP(=O)(O)O)nn2)CC(C)(C)N1[O]. The molecule has 1 fully saturated rings. The number of aryl methyl sites for hydroxylation is 1. The minimum absolute atomic E-state index is 0.0324. The number of aromatic nitrogens is 3. The van der Waals surface area contributed by atoms with Gasteiger partial charge in [-0.15, -0.1) is 15.4 Å². The summed E-state index contributed by atoms with van der Waals surface area (Å²) < 4.78 is 18.3. The number of rotatable bonds is 7. The molecule has 1 saturated heterocycles. The molecule has 25 heavy (non-hydrogen) atoms. The van der Waals surface area contributed by atoms with E-state index in [4.69, 9.17) is 14.5 Å². The van der Waals surface area contributed by atoms with Crippen LogP contribution in [-0.4, -0.2) is 53.2 Å². The van der Waals surface area contributed by atoms with Crippen LogP contribution in [0.5, 0.6) is 0 Å². The average Bonchev–Trinajstić information content (AvgIpc) is 2.88. The number of hydrogen-bond acceptors (Lipinski definition) is 5. The molecule has 1 radical (unpaired) electrons. The van der Waals surface area contributed by atoms with Crippen molar-refractivity contribution in [2.75, 3.05) is 6.16 Å². The Morgan fingerprint density at radius 2 is 1.88 bits per heavy atom. The molecule has 0 saturated carbocycles. The first-order valence-electron chi connectivity index (χ1n) is 8.42. The van der Waals surface area contributed by atoms with Crippen LogP contribution < -0.4 is 0 Å². The maximum atomic E-state index is 12.3. The molecule has 1 aliphatic heterocycles. The molecular weight excluding hydrogens is 347 g/mol. The fourth-order valence-corrected chi connectivity index (χ4v) is 4.00. The Morgan fingerprint density at radius 1 is 1.28 bits per heavy atom. The van der Waals surface area contributed by atoms with E-state index >= 15 is 0 Å². The van der Waals surface area contributed by atoms with Crippen molar-refractivity contribution >= 4 is 7.60 Å². The van der Waals surface area contributed by atoms with Crippen molar-refractivity contribution in [3.63, 3.8) is 0 Å². The topological polar surface area (TPSA) is 121 Å². The van der Waals surface area contributed by atoms with Crippen LogP contribution in [0.4, 0.5) is 0 Å². The van der Waals surface area contributed by atoms with E-state index in [1.807, 2.05) is 27.7 Å². The van der Waals surface area contributed by atoms with Gasteiger partial charge in [-0.2, -0.15) is 0 Å². The number of hydroxylamine groups is 2. The van der Waals surface area contributed by atoms with Gasteiger partial charge in [0.15, 0.2) is 0 Å². The normalized spacial score (nSPS) is 21.6.